The molecule has 0 aliphatic carbocycles. The van der Waals surface area contributed by atoms with Crippen LogP contribution in [0.1, 0.15) is 22.0 Å². The number of benzene rings is 1. The molecule has 7 heteroatoms. The van der Waals surface area contributed by atoms with E-state index in [-0.39, 0.29) is 5.82 Å². The lowest BCUT2D eigenvalue weighted by atomic mass is 10.2. The second kappa shape index (κ2) is 5.38. The van der Waals surface area contributed by atoms with Crippen LogP contribution < -0.4 is 5.32 Å². The van der Waals surface area contributed by atoms with Crippen LogP contribution in [0.4, 0.5) is 5.69 Å². The Kier molecular flexibility index (Phi) is 3.19. The first kappa shape index (κ1) is 14.3. The molecule has 7 nitrogen and oxygen atoms in total. The second-order valence-corrected chi connectivity index (χ2v) is 5.56. The Balaban J connectivity index is 1.66. The first-order valence-corrected chi connectivity index (χ1v) is 7.47. The Morgan fingerprint density at radius 2 is 1.96 bits per heavy atom. The summed E-state index contributed by atoms with van der Waals surface area (Å²) >= 11 is 0. The third-order valence-corrected chi connectivity index (χ3v) is 3.67. The van der Waals surface area contributed by atoms with E-state index in [1.165, 1.54) is 0 Å². The largest absolute Gasteiger partial charge is 0.318 e. The lowest BCUT2D eigenvalue weighted by Crippen LogP contribution is -2.14. The molecule has 3 heterocycles. The van der Waals surface area contributed by atoms with Gasteiger partial charge in [0.05, 0.1) is 17.4 Å². The van der Waals surface area contributed by atoms with Crippen LogP contribution in [-0.4, -0.2) is 30.5 Å². The molecular weight excluding hydrogens is 304 g/mol. The van der Waals surface area contributed by atoms with E-state index in [9.17, 15) is 4.79 Å². The molecule has 0 saturated carbocycles. The van der Waals surface area contributed by atoms with E-state index in [4.69, 9.17) is 0 Å². The highest BCUT2D eigenvalue weighted by atomic mass is 16.2. The van der Waals surface area contributed by atoms with Crippen LogP contribution in [0.25, 0.3) is 16.7 Å². The first-order chi connectivity index (χ1) is 11.6. The highest BCUT2D eigenvalue weighted by Gasteiger charge is 2.15. The van der Waals surface area contributed by atoms with Gasteiger partial charge >= 0.3 is 0 Å². The Labute approximate surface area is 137 Å². The molecule has 0 unspecified atom stereocenters. The summed E-state index contributed by atoms with van der Waals surface area (Å²) in [6.45, 7) is 3.77. The Hall–Kier alpha value is -3.35. The summed E-state index contributed by atoms with van der Waals surface area (Å²) in [5.74, 6) is 0.0910. The van der Waals surface area contributed by atoms with Gasteiger partial charge in [-0.25, -0.2) is 9.50 Å². The summed E-state index contributed by atoms with van der Waals surface area (Å²) in [5, 5.41) is 7.95. The molecule has 3 aromatic heterocycles. The van der Waals surface area contributed by atoms with Gasteiger partial charge in [0.2, 0.25) is 5.82 Å². The van der Waals surface area contributed by atoms with Gasteiger partial charge in [-0.05, 0) is 32.0 Å². The molecule has 0 aliphatic heterocycles. The smallest absolute Gasteiger partial charge is 0.295 e. The average Bonchev–Trinajstić information content (AvgIpc) is 2.99. The molecule has 1 amide bonds. The minimum Gasteiger partial charge on any atom is -0.318 e. The topological polar surface area (TPSA) is 85.1 Å². The fourth-order valence-corrected chi connectivity index (χ4v) is 2.59. The minimum absolute atomic E-state index is 0.0735. The van der Waals surface area contributed by atoms with Crippen molar-refractivity contribution in [3.05, 3.63) is 59.8 Å². The lowest BCUT2D eigenvalue weighted by molar-refractivity contribution is 0.101. The highest BCUT2D eigenvalue weighted by molar-refractivity contribution is 6.02. The molecule has 24 heavy (non-hydrogen) atoms. The zero-order valence-electron chi connectivity index (χ0n) is 13.2. The van der Waals surface area contributed by atoms with Crippen molar-refractivity contribution in [2.24, 2.45) is 0 Å². The quantitative estimate of drug-likeness (QED) is 0.614. The van der Waals surface area contributed by atoms with E-state index in [1.807, 2.05) is 50.2 Å². The molecule has 118 valence electrons. The van der Waals surface area contributed by atoms with Crippen molar-refractivity contribution in [3.63, 3.8) is 0 Å². The van der Waals surface area contributed by atoms with Gasteiger partial charge in [0.1, 0.15) is 0 Å². The van der Waals surface area contributed by atoms with Crippen LogP contribution in [0, 0.1) is 13.8 Å². The molecule has 0 radical (unpaired) electrons. The number of nitrogens with zero attached hydrogens (tertiary/aromatic N) is 5. The van der Waals surface area contributed by atoms with Crippen molar-refractivity contribution in [2.45, 2.75) is 13.8 Å². The number of hydrogen-bond donors (Lipinski definition) is 1. The van der Waals surface area contributed by atoms with Crippen molar-refractivity contribution in [3.8, 4) is 0 Å². The number of carbonyl (C=O) groups is 1. The van der Waals surface area contributed by atoms with Crippen LogP contribution in [0.5, 0.6) is 0 Å². The Morgan fingerprint density at radius 1 is 1.12 bits per heavy atom. The minimum atomic E-state index is -0.394. The van der Waals surface area contributed by atoms with Crippen molar-refractivity contribution in [1.29, 1.82) is 0 Å². The molecule has 1 N–H and O–H groups in total. The molecule has 0 spiro atoms. The number of pyridine rings is 1. The van der Waals surface area contributed by atoms with Gasteiger partial charge in [0, 0.05) is 16.8 Å². The molecule has 4 rings (SSSR count). The van der Waals surface area contributed by atoms with Crippen molar-refractivity contribution >= 4 is 28.3 Å². The fourth-order valence-electron chi connectivity index (χ4n) is 2.59. The number of rotatable bonds is 2. The van der Waals surface area contributed by atoms with E-state index in [1.54, 1.807) is 10.7 Å². The van der Waals surface area contributed by atoms with Crippen molar-refractivity contribution in [2.75, 3.05) is 5.32 Å². The molecule has 0 fully saturated rings. The summed E-state index contributed by atoms with van der Waals surface area (Å²) in [5.41, 5.74) is 3.17. The number of aryl methyl sites for hydroxylation is 2. The number of carbonyl (C=O) groups excluding carboxylic acids is 1. The summed E-state index contributed by atoms with van der Waals surface area (Å²) in [6, 6.07) is 11.5. The maximum atomic E-state index is 12.4. The van der Waals surface area contributed by atoms with Gasteiger partial charge in [0.25, 0.3) is 11.7 Å². The van der Waals surface area contributed by atoms with Crippen LogP contribution in [0.15, 0.2) is 42.6 Å². The predicted molar refractivity (Wildman–Crippen MR) is 90.0 cm³/mol. The predicted octanol–water partition coefficient (Wildman–Crippen LogP) is 2.54. The Bertz CT molecular complexity index is 1090. The maximum Gasteiger partial charge on any atom is 0.295 e. The highest BCUT2D eigenvalue weighted by Crippen LogP contribution is 2.16. The van der Waals surface area contributed by atoms with Gasteiger partial charge in [-0.2, -0.15) is 4.98 Å². The second-order valence-electron chi connectivity index (χ2n) is 5.56. The van der Waals surface area contributed by atoms with E-state index in [0.29, 0.717) is 11.5 Å². The van der Waals surface area contributed by atoms with Crippen molar-refractivity contribution in [1.82, 2.24) is 24.6 Å². The molecular formula is C17H14N6O. The fraction of sp³-hybridized carbons (Fsp3) is 0.118. The number of fused-ring (bicyclic) bond motifs is 2. The van der Waals surface area contributed by atoms with Crippen LogP contribution in [0.3, 0.4) is 0 Å². The van der Waals surface area contributed by atoms with E-state index >= 15 is 0 Å². The zero-order valence-corrected chi connectivity index (χ0v) is 13.2. The number of hydrogen-bond acceptors (Lipinski definition) is 5. The molecule has 0 saturated heterocycles. The molecule has 0 atom stereocenters. The van der Waals surface area contributed by atoms with Gasteiger partial charge in [-0.15, -0.1) is 5.10 Å². The third kappa shape index (κ3) is 2.45. The van der Waals surface area contributed by atoms with Gasteiger partial charge in [0.15, 0.2) is 0 Å². The van der Waals surface area contributed by atoms with E-state index in [2.05, 4.69) is 25.4 Å². The molecule has 0 aliphatic rings. The molecule has 0 bridgehead atoms. The summed E-state index contributed by atoms with van der Waals surface area (Å²) < 4.78 is 1.56. The monoisotopic (exact) mass is 318 g/mol. The normalized spacial score (nSPS) is 11.1. The third-order valence-electron chi connectivity index (χ3n) is 3.67. The number of para-hydroxylation sites is 1. The number of anilines is 1. The zero-order chi connectivity index (χ0) is 16.7. The number of nitrogens with one attached hydrogen (secondary N) is 1. The maximum absolute atomic E-state index is 12.4. The summed E-state index contributed by atoms with van der Waals surface area (Å²) in [4.78, 5) is 25.2. The van der Waals surface area contributed by atoms with E-state index in [0.717, 1.165) is 22.3 Å². The van der Waals surface area contributed by atoms with Gasteiger partial charge in [-0.1, -0.05) is 18.2 Å². The summed E-state index contributed by atoms with van der Waals surface area (Å²) in [6.07, 6.45) is 1.61. The average molecular weight is 318 g/mol. The number of amides is 1. The van der Waals surface area contributed by atoms with Crippen LogP contribution >= 0.6 is 0 Å². The lowest BCUT2D eigenvalue weighted by Gasteiger charge is -2.03. The van der Waals surface area contributed by atoms with E-state index < -0.39 is 5.91 Å². The Morgan fingerprint density at radius 3 is 2.83 bits per heavy atom. The van der Waals surface area contributed by atoms with Gasteiger partial charge in [-0.3, -0.25) is 9.78 Å². The van der Waals surface area contributed by atoms with Crippen molar-refractivity contribution < 1.29 is 4.79 Å². The first-order valence-electron chi connectivity index (χ1n) is 7.47. The standard InChI is InChI=1S/C17H14N6O/c1-10-7-11(2)23-17(19-10)21-15(22-23)16(24)20-13-8-12-5-3-4-6-14(12)18-9-13/h3-9H,1-2H3,(H,20,24). The van der Waals surface area contributed by atoms with Gasteiger partial charge < -0.3 is 5.32 Å². The molecule has 4 aromatic rings. The molecule has 1 aromatic carbocycles. The summed E-state index contributed by atoms with van der Waals surface area (Å²) in [7, 11) is 0. The number of aromatic nitrogens is 5. The van der Waals surface area contributed by atoms with Crippen LogP contribution in [0.2, 0.25) is 0 Å². The van der Waals surface area contributed by atoms with Crippen LogP contribution in [-0.2, 0) is 0 Å². The SMILES string of the molecule is Cc1cc(C)n2nc(C(=O)Nc3cnc4ccccc4c3)nc2n1.